The van der Waals surface area contributed by atoms with Crippen molar-refractivity contribution < 1.29 is 0 Å². The lowest BCUT2D eigenvalue weighted by atomic mass is 9.82. The molecule has 0 atom stereocenters. The van der Waals surface area contributed by atoms with Gasteiger partial charge in [0.1, 0.15) is 0 Å². The molecule has 0 aromatic rings. The molecule has 0 radical (unpaired) electrons. The Hall–Kier alpha value is -0.0800. The molecule has 0 aromatic heterocycles. The highest BCUT2D eigenvalue weighted by atomic mass is 15.1. The summed E-state index contributed by atoms with van der Waals surface area (Å²) < 4.78 is 0. The molecule has 2 nitrogen and oxygen atoms in total. The molecule has 1 saturated carbocycles. The monoisotopic (exact) mass is 252 g/mol. The minimum atomic E-state index is 0.602. The van der Waals surface area contributed by atoms with E-state index >= 15 is 0 Å². The third-order valence-corrected chi connectivity index (χ3v) is 4.62. The van der Waals surface area contributed by atoms with Crippen LogP contribution in [0.15, 0.2) is 0 Å². The molecule has 0 amide bonds. The maximum absolute atomic E-state index is 3.60. The van der Waals surface area contributed by atoms with Gasteiger partial charge in [-0.05, 0) is 70.1 Å². The van der Waals surface area contributed by atoms with Gasteiger partial charge in [0.2, 0.25) is 0 Å². The number of unbranched alkanes of at least 4 members (excludes halogenated alkanes) is 3. The van der Waals surface area contributed by atoms with E-state index in [0.29, 0.717) is 5.41 Å². The van der Waals surface area contributed by atoms with Gasteiger partial charge in [-0.1, -0.05) is 26.7 Å². The largest absolute Gasteiger partial charge is 0.314 e. The third kappa shape index (κ3) is 5.71. The summed E-state index contributed by atoms with van der Waals surface area (Å²) in [6, 6.07) is 0.890. The molecule has 2 rings (SSSR count). The molecular formula is C16H32N2. The van der Waals surface area contributed by atoms with Crippen molar-refractivity contribution in [1.29, 1.82) is 0 Å². The van der Waals surface area contributed by atoms with Crippen molar-refractivity contribution in [2.75, 3.05) is 26.2 Å². The Balaban J connectivity index is 1.39. The summed E-state index contributed by atoms with van der Waals surface area (Å²) >= 11 is 0. The average Bonchev–Trinajstić information content (AvgIpc) is 3.14. The van der Waals surface area contributed by atoms with Crippen molar-refractivity contribution in [2.24, 2.45) is 5.41 Å². The first kappa shape index (κ1) is 14.3. The van der Waals surface area contributed by atoms with Crippen molar-refractivity contribution in [3.63, 3.8) is 0 Å². The van der Waals surface area contributed by atoms with Gasteiger partial charge in [0.15, 0.2) is 0 Å². The molecule has 2 fully saturated rings. The molecule has 2 aliphatic rings. The van der Waals surface area contributed by atoms with E-state index < -0.39 is 0 Å². The van der Waals surface area contributed by atoms with Crippen LogP contribution in [0.5, 0.6) is 0 Å². The van der Waals surface area contributed by atoms with Gasteiger partial charge in [-0.15, -0.1) is 0 Å². The molecule has 106 valence electrons. The second-order valence-corrected chi connectivity index (χ2v) is 7.15. The molecule has 1 N–H and O–H groups in total. The molecule has 0 spiro atoms. The van der Waals surface area contributed by atoms with Gasteiger partial charge in [0.05, 0.1) is 0 Å². The highest BCUT2D eigenvalue weighted by Crippen LogP contribution is 2.29. The van der Waals surface area contributed by atoms with Gasteiger partial charge >= 0.3 is 0 Å². The number of hydrogen-bond donors (Lipinski definition) is 1. The molecule has 0 bridgehead atoms. The maximum atomic E-state index is 3.60. The predicted octanol–water partition coefficient (Wildman–Crippen LogP) is 3.42. The van der Waals surface area contributed by atoms with Crippen LogP contribution in [0, 0.1) is 5.41 Å². The van der Waals surface area contributed by atoms with Gasteiger partial charge in [0, 0.05) is 6.04 Å². The Bertz CT molecular complexity index is 223. The molecule has 0 aromatic carbocycles. The van der Waals surface area contributed by atoms with E-state index in [-0.39, 0.29) is 0 Å². The van der Waals surface area contributed by atoms with E-state index in [2.05, 4.69) is 24.1 Å². The maximum Gasteiger partial charge on any atom is 0.00682 e. The predicted molar refractivity (Wildman–Crippen MR) is 78.9 cm³/mol. The fourth-order valence-corrected chi connectivity index (χ4v) is 2.79. The van der Waals surface area contributed by atoms with Crippen LogP contribution in [-0.4, -0.2) is 37.1 Å². The minimum absolute atomic E-state index is 0.602. The first-order valence-corrected chi connectivity index (χ1v) is 8.11. The second-order valence-electron chi connectivity index (χ2n) is 7.15. The van der Waals surface area contributed by atoms with E-state index in [1.54, 1.807) is 0 Å². The highest BCUT2D eigenvalue weighted by Gasteiger charge is 2.24. The van der Waals surface area contributed by atoms with Gasteiger partial charge in [-0.25, -0.2) is 0 Å². The summed E-state index contributed by atoms with van der Waals surface area (Å²) in [7, 11) is 0. The molecular weight excluding hydrogens is 220 g/mol. The SMILES string of the molecule is CC1(C)CCN(CCCCCCNC2CC2)CC1. The number of rotatable bonds is 8. The van der Waals surface area contributed by atoms with E-state index in [4.69, 9.17) is 0 Å². The van der Waals surface area contributed by atoms with Crippen molar-refractivity contribution in [1.82, 2.24) is 10.2 Å². The number of hydrogen-bond acceptors (Lipinski definition) is 2. The van der Waals surface area contributed by atoms with Crippen LogP contribution in [0.4, 0.5) is 0 Å². The quantitative estimate of drug-likeness (QED) is 0.666. The normalized spacial score (nSPS) is 24.3. The van der Waals surface area contributed by atoms with Crippen molar-refractivity contribution in [2.45, 2.75) is 71.3 Å². The van der Waals surface area contributed by atoms with Crippen molar-refractivity contribution in [3.05, 3.63) is 0 Å². The molecule has 1 saturated heterocycles. The summed E-state index contributed by atoms with van der Waals surface area (Å²) in [5, 5.41) is 3.60. The fourth-order valence-electron chi connectivity index (χ4n) is 2.79. The highest BCUT2D eigenvalue weighted by molar-refractivity contribution is 4.80. The number of likely N-dealkylation sites (tertiary alicyclic amines) is 1. The molecule has 1 heterocycles. The topological polar surface area (TPSA) is 15.3 Å². The number of piperidine rings is 1. The van der Waals surface area contributed by atoms with Crippen LogP contribution in [-0.2, 0) is 0 Å². The Morgan fingerprint density at radius 3 is 2.33 bits per heavy atom. The first-order chi connectivity index (χ1) is 8.66. The van der Waals surface area contributed by atoms with Gasteiger partial charge in [0.25, 0.3) is 0 Å². The minimum Gasteiger partial charge on any atom is -0.314 e. The van der Waals surface area contributed by atoms with E-state index in [9.17, 15) is 0 Å². The summed E-state index contributed by atoms with van der Waals surface area (Å²) in [5.41, 5.74) is 0.602. The Morgan fingerprint density at radius 1 is 1.00 bits per heavy atom. The zero-order chi connectivity index (χ0) is 12.8. The van der Waals surface area contributed by atoms with Crippen LogP contribution >= 0.6 is 0 Å². The van der Waals surface area contributed by atoms with Crippen LogP contribution < -0.4 is 5.32 Å². The Morgan fingerprint density at radius 2 is 1.67 bits per heavy atom. The molecule has 0 unspecified atom stereocenters. The van der Waals surface area contributed by atoms with Crippen LogP contribution in [0.3, 0.4) is 0 Å². The summed E-state index contributed by atoms with van der Waals surface area (Å²) in [4.78, 5) is 2.67. The van der Waals surface area contributed by atoms with Gasteiger partial charge in [-0.2, -0.15) is 0 Å². The lowest BCUT2D eigenvalue weighted by Gasteiger charge is -2.36. The smallest absolute Gasteiger partial charge is 0.00682 e. The molecule has 1 aliphatic carbocycles. The number of nitrogens with one attached hydrogen (secondary N) is 1. The van der Waals surface area contributed by atoms with Crippen LogP contribution in [0.25, 0.3) is 0 Å². The molecule has 1 aliphatic heterocycles. The molecule has 18 heavy (non-hydrogen) atoms. The zero-order valence-corrected chi connectivity index (χ0v) is 12.5. The average molecular weight is 252 g/mol. The summed E-state index contributed by atoms with van der Waals surface area (Å²) in [6.07, 6.45) is 11.2. The van der Waals surface area contributed by atoms with Crippen LogP contribution in [0.1, 0.15) is 65.2 Å². The molecule has 2 heteroatoms. The summed E-state index contributed by atoms with van der Waals surface area (Å²) in [6.45, 7) is 10.1. The van der Waals surface area contributed by atoms with Crippen molar-refractivity contribution in [3.8, 4) is 0 Å². The Kier molecular flexibility index (Phi) is 5.50. The van der Waals surface area contributed by atoms with E-state index in [1.165, 1.54) is 77.5 Å². The van der Waals surface area contributed by atoms with Gasteiger partial charge in [-0.3, -0.25) is 0 Å². The van der Waals surface area contributed by atoms with Gasteiger partial charge < -0.3 is 10.2 Å². The van der Waals surface area contributed by atoms with E-state index in [0.717, 1.165) is 6.04 Å². The number of nitrogens with zero attached hydrogens (tertiary/aromatic N) is 1. The van der Waals surface area contributed by atoms with E-state index in [1.807, 2.05) is 0 Å². The van der Waals surface area contributed by atoms with Crippen LogP contribution in [0.2, 0.25) is 0 Å². The Labute approximate surface area is 114 Å². The third-order valence-electron chi connectivity index (χ3n) is 4.62. The second kappa shape index (κ2) is 6.91. The first-order valence-electron chi connectivity index (χ1n) is 8.11. The lowest BCUT2D eigenvalue weighted by molar-refractivity contribution is 0.131. The van der Waals surface area contributed by atoms with Crippen molar-refractivity contribution >= 4 is 0 Å². The standard InChI is InChI=1S/C16H32N2/c1-16(2)9-13-18(14-10-16)12-6-4-3-5-11-17-15-7-8-15/h15,17H,3-14H2,1-2H3. The lowest BCUT2D eigenvalue weighted by Crippen LogP contribution is -2.37. The fraction of sp³-hybridized carbons (Fsp3) is 1.00. The zero-order valence-electron chi connectivity index (χ0n) is 12.5. The summed E-state index contributed by atoms with van der Waals surface area (Å²) in [5.74, 6) is 0.